The van der Waals surface area contributed by atoms with Crippen molar-refractivity contribution in [1.29, 1.82) is 0 Å². The molecule has 0 aliphatic carbocycles. The number of anilines is 1. The summed E-state index contributed by atoms with van der Waals surface area (Å²) in [5.41, 5.74) is 6.36. The normalized spacial score (nSPS) is 17.0. The van der Waals surface area contributed by atoms with Gasteiger partial charge in [0.15, 0.2) is 11.5 Å². The minimum atomic E-state index is 0.498. The van der Waals surface area contributed by atoms with Crippen LogP contribution in [0.5, 0.6) is 11.5 Å². The molecule has 2 aliphatic rings. The van der Waals surface area contributed by atoms with E-state index in [4.69, 9.17) is 14.2 Å². The van der Waals surface area contributed by atoms with E-state index in [-0.39, 0.29) is 0 Å². The van der Waals surface area contributed by atoms with Crippen LogP contribution in [-0.2, 0) is 17.8 Å². The zero-order valence-electron chi connectivity index (χ0n) is 19.4. The Bertz CT molecular complexity index is 1080. The van der Waals surface area contributed by atoms with Crippen LogP contribution in [0.3, 0.4) is 0 Å². The van der Waals surface area contributed by atoms with E-state index in [1.54, 1.807) is 14.2 Å². The maximum Gasteiger partial charge on any atom is 0.161 e. The monoisotopic (exact) mass is 445 g/mol. The first kappa shape index (κ1) is 21.7. The fraction of sp³-hybridized carbons (Fsp3) is 0.370. The van der Waals surface area contributed by atoms with Crippen LogP contribution < -0.4 is 14.4 Å². The van der Waals surface area contributed by atoms with Gasteiger partial charge in [0.05, 0.1) is 20.9 Å². The third kappa shape index (κ3) is 4.68. The van der Waals surface area contributed by atoms with Crippen LogP contribution in [0.2, 0.25) is 0 Å². The van der Waals surface area contributed by atoms with Crippen LogP contribution in [0.1, 0.15) is 24.0 Å². The van der Waals surface area contributed by atoms with E-state index in [9.17, 15) is 0 Å². The largest absolute Gasteiger partial charge is 0.493 e. The number of rotatable bonds is 6. The number of fused-ring (bicyclic) bond motifs is 1. The molecule has 0 N–H and O–H groups in total. The number of hydrogen-bond donors (Lipinski definition) is 0. The highest BCUT2D eigenvalue weighted by molar-refractivity contribution is 5.69. The topological polar surface area (TPSA) is 47.1 Å². The Labute approximate surface area is 195 Å². The number of benzene rings is 2. The molecule has 33 heavy (non-hydrogen) atoms. The summed E-state index contributed by atoms with van der Waals surface area (Å²) in [7, 11) is 3.36. The predicted molar refractivity (Wildman–Crippen MR) is 130 cm³/mol. The summed E-state index contributed by atoms with van der Waals surface area (Å²) in [6.07, 6.45) is 5.84. The van der Waals surface area contributed by atoms with Gasteiger partial charge in [-0.3, -0.25) is 9.88 Å². The zero-order chi connectivity index (χ0) is 22.6. The molecule has 1 aromatic heterocycles. The highest BCUT2D eigenvalue weighted by Gasteiger charge is 2.29. The second-order valence-corrected chi connectivity index (χ2v) is 8.71. The van der Waals surface area contributed by atoms with E-state index in [1.165, 1.54) is 27.9 Å². The zero-order valence-corrected chi connectivity index (χ0v) is 19.4. The lowest BCUT2D eigenvalue weighted by molar-refractivity contribution is 0.0793. The molecule has 0 radical (unpaired) electrons. The highest BCUT2D eigenvalue weighted by Crippen LogP contribution is 2.36. The Kier molecular flexibility index (Phi) is 6.46. The molecule has 6 heteroatoms. The molecular formula is C27H31N3O3. The average molecular weight is 446 g/mol. The Morgan fingerprint density at radius 1 is 0.909 bits per heavy atom. The van der Waals surface area contributed by atoms with E-state index in [0.717, 1.165) is 57.3 Å². The van der Waals surface area contributed by atoms with Crippen molar-refractivity contribution in [3.8, 4) is 22.6 Å². The molecule has 1 saturated heterocycles. The molecule has 2 aromatic carbocycles. The third-order valence-electron chi connectivity index (χ3n) is 6.63. The molecule has 0 atom stereocenters. The van der Waals surface area contributed by atoms with Crippen LogP contribution in [-0.4, -0.2) is 50.0 Å². The molecule has 6 nitrogen and oxygen atoms in total. The van der Waals surface area contributed by atoms with Crippen LogP contribution in [0.15, 0.2) is 60.9 Å². The number of hydrogen-bond acceptors (Lipinski definition) is 6. The fourth-order valence-electron chi connectivity index (χ4n) is 4.95. The van der Waals surface area contributed by atoms with Crippen molar-refractivity contribution < 1.29 is 14.2 Å². The molecule has 1 fully saturated rings. The van der Waals surface area contributed by atoms with Crippen LogP contribution >= 0.6 is 0 Å². The Balaban J connectivity index is 1.45. The molecule has 2 aliphatic heterocycles. The van der Waals surface area contributed by atoms with Crippen molar-refractivity contribution in [3.63, 3.8) is 0 Å². The molecule has 0 unspecified atom stereocenters. The highest BCUT2D eigenvalue weighted by atomic mass is 16.5. The van der Waals surface area contributed by atoms with Crippen molar-refractivity contribution in [1.82, 2.24) is 9.88 Å². The molecule has 0 amide bonds. The molecule has 0 spiro atoms. The summed E-state index contributed by atoms with van der Waals surface area (Å²) in [4.78, 5) is 9.26. The van der Waals surface area contributed by atoms with Gasteiger partial charge in [0.1, 0.15) is 0 Å². The summed E-state index contributed by atoms with van der Waals surface area (Å²) in [6, 6.07) is 17.7. The Morgan fingerprint density at radius 3 is 2.45 bits per heavy atom. The smallest absolute Gasteiger partial charge is 0.161 e. The SMILES string of the molecule is COc1ccc(CN2Cc3cc(-c4ccncc4)ccc3N(C3CCOCC3)C2)cc1OC. The predicted octanol–water partition coefficient (Wildman–Crippen LogP) is 4.72. The Morgan fingerprint density at radius 2 is 1.70 bits per heavy atom. The number of methoxy groups -OCH3 is 2. The second kappa shape index (κ2) is 9.81. The van der Waals surface area contributed by atoms with E-state index in [1.807, 2.05) is 18.5 Å². The number of aromatic nitrogens is 1. The van der Waals surface area contributed by atoms with Gasteiger partial charge in [-0.25, -0.2) is 0 Å². The number of pyridine rings is 1. The Hall–Kier alpha value is -3.09. The first-order chi connectivity index (χ1) is 16.2. The minimum absolute atomic E-state index is 0.498. The average Bonchev–Trinajstić information content (AvgIpc) is 2.88. The van der Waals surface area contributed by atoms with Crippen LogP contribution in [0, 0.1) is 0 Å². The lowest BCUT2D eigenvalue weighted by Crippen LogP contribution is -2.49. The van der Waals surface area contributed by atoms with E-state index < -0.39 is 0 Å². The van der Waals surface area contributed by atoms with Crippen molar-refractivity contribution >= 4 is 5.69 Å². The van der Waals surface area contributed by atoms with Crippen molar-refractivity contribution in [3.05, 3.63) is 72.1 Å². The van der Waals surface area contributed by atoms with E-state index >= 15 is 0 Å². The van der Waals surface area contributed by atoms with E-state index in [2.05, 4.69) is 57.2 Å². The van der Waals surface area contributed by atoms with Gasteiger partial charge in [-0.2, -0.15) is 0 Å². The van der Waals surface area contributed by atoms with Crippen molar-refractivity contribution in [2.24, 2.45) is 0 Å². The van der Waals surface area contributed by atoms with Gasteiger partial charge in [-0.1, -0.05) is 12.1 Å². The lowest BCUT2D eigenvalue weighted by atomic mass is 9.98. The maximum absolute atomic E-state index is 5.65. The summed E-state index contributed by atoms with van der Waals surface area (Å²) in [5.74, 6) is 1.53. The first-order valence-corrected chi connectivity index (χ1v) is 11.6. The summed E-state index contributed by atoms with van der Waals surface area (Å²) < 4.78 is 16.6. The third-order valence-corrected chi connectivity index (χ3v) is 6.63. The molecule has 0 bridgehead atoms. The molecule has 0 saturated carbocycles. The van der Waals surface area contributed by atoms with Gasteiger partial charge >= 0.3 is 0 Å². The number of ether oxygens (including phenoxy) is 3. The van der Waals surface area contributed by atoms with Gasteiger partial charge in [-0.15, -0.1) is 0 Å². The molecule has 5 rings (SSSR count). The van der Waals surface area contributed by atoms with Crippen LogP contribution in [0.4, 0.5) is 5.69 Å². The molecule has 3 heterocycles. The van der Waals surface area contributed by atoms with Crippen LogP contribution in [0.25, 0.3) is 11.1 Å². The lowest BCUT2D eigenvalue weighted by Gasteiger charge is -2.44. The van der Waals surface area contributed by atoms with E-state index in [0.29, 0.717) is 6.04 Å². The maximum atomic E-state index is 5.65. The number of nitrogens with zero attached hydrogens (tertiary/aromatic N) is 3. The minimum Gasteiger partial charge on any atom is -0.493 e. The quantitative estimate of drug-likeness (QED) is 0.547. The van der Waals surface area contributed by atoms with Gasteiger partial charge < -0.3 is 19.1 Å². The van der Waals surface area contributed by atoms with Crippen molar-refractivity contribution in [2.45, 2.75) is 32.0 Å². The van der Waals surface area contributed by atoms with Gasteiger partial charge in [0, 0.05) is 50.4 Å². The first-order valence-electron chi connectivity index (χ1n) is 11.6. The standard InChI is InChI=1S/C27H31N3O3/c1-31-26-6-3-20(15-27(26)32-2)17-29-18-23-16-22(21-7-11-28-12-8-21)4-5-25(23)30(19-29)24-9-13-33-14-10-24/h3-8,11-12,15-16,24H,9-10,13-14,17-19H2,1-2H3. The van der Waals surface area contributed by atoms with Gasteiger partial charge in [0.25, 0.3) is 0 Å². The molecule has 172 valence electrons. The summed E-state index contributed by atoms with van der Waals surface area (Å²) in [5, 5.41) is 0. The molecular weight excluding hydrogens is 414 g/mol. The fourth-order valence-corrected chi connectivity index (χ4v) is 4.95. The summed E-state index contributed by atoms with van der Waals surface area (Å²) in [6.45, 7) is 4.32. The second-order valence-electron chi connectivity index (χ2n) is 8.71. The van der Waals surface area contributed by atoms with Gasteiger partial charge in [0.2, 0.25) is 0 Å². The van der Waals surface area contributed by atoms with Gasteiger partial charge in [-0.05, 0) is 71.5 Å². The molecule has 3 aromatic rings. The van der Waals surface area contributed by atoms with Crippen molar-refractivity contribution in [2.75, 3.05) is 39.0 Å². The summed E-state index contributed by atoms with van der Waals surface area (Å²) >= 11 is 0.